The van der Waals surface area contributed by atoms with Crippen molar-refractivity contribution >= 4 is 5.78 Å². The van der Waals surface area contributed by atoms with Crippen LogP contribution >= 0.6 is 0 Å². The van der Waals surface area contributed by atoms with Crippen LogP contribution in [0.2, 0.25) is 0 Å². The first-order valence-corrected chi connectivity index (χ1v) is 7.87. The zero-order chi connectivity index (χ0) is 16.2. The summed E-state index contributed by atoms with van der Waals surface area (Å²) in [7, 11) is 0. The van der Waals surface area contributed by atoms with Gasteiger partial charge in [-0.3, -0.25) is 4.79 Å². The fraction of sp³-hybridized carbons (Fsp3) is 0.750. The van der Waals surface area contributed by atoms with Gasteiger partial charge >= 0.3 is 0 Å². The molecule has 0 aromatic carbocycles. The molecular formula is C16H26N2O6. The summed E-state index contributed by atoms with van der Waals surface area (Å²) in [5, 5.41) is 20.2. The molecule has 0 radical (unpaired) electrons. The summed E-state index contributed by atoms with van der Waals surface area (Å²) in [6.45, 7) is 1.07. The molecule has 0 aliphatic carbocycles. The summed E-state index contributed by atoms with van der Waals surface area (Å²) in [5.41, 5.74) is 0. The van der Waals surface area contributed by atoms with E-state index in [1.54, 1.807) is 23.3 Å². The summed E-state index contributed by atoms with van der Waals surface area (Å²) in [4.78, 5) is 15.9. The lowest BCUT2D eigenvalue weighted by Gasteiger charge is -2.41. The Kier molecular flexibility index (Phi) is 6.88. The fourth-order valence-electron chi connectivity index (χ4n) is 2.93. The minimum absolute atomic E-state index is 0. The molecule has 8 heteroatoms. The van der Waals surface area contributed by atoms with Crippen molar-refractivity contribution in [1.82, 2.24) is 9.55 Å². The number of carbonyl (C=O) groups excluding carboxylic acids is 1. The number of Topliss-reactive ketones (excluding diaryl/α,β-unsaturated/α-hetero) is 1. The molecule has 5 unspecified atom stereocenters. The summed E-state index contributed by atoms with van der Waals surface area (Å²) in [6.07, 6.45) is 2.07. The maximum absolute atomic E-state index is 12.0. The number of rotatable bonds is 5. The minimum atomic E-state index is -1.14. The van der Waals surface area contributed by atoms with Crippen molar-refractivity contribution in [2.24, 2.45) is 0 Å². The van der Waals surface area contributed by atoms with E-state index in [0.717, 1.165) is 0 Å². The van der Waals surface area contributed by atoms with Gasteiger partial charge in [0.15, 0.2) is 12.1 Å². The maximum atomic E-state index is 12.0. The van der Waals surface area contributed by atoms with Crippen LogP contribution in [0, 0.1) is 0 Å². The molecule has 0 amide bonds. The molecule has 3 aliphatic heterocycles. The summed E-state index contributed by atoms with van der Waals surface area (Å²) < 4.78 is 18.5. The van der Waals surface area contributed by atoms with Crippen LogP contribution in [0.4, 0.5) is 0 Å². The van der Waals surface area contributed by atoms with Crippen LogP contribution in [0.15, 0.2) is 18.7 Å². The van der Waals surface area contributed by atoms with Crippen LogP contribution in [-0.4, -0.2) is 69.5 Å². The number of aliphatic hydroxyl groups is 2. The Bertz CT molecular complexity index is 507. The van der Waals surface area contributed by atoms with Gasteiger partial charge in [-0.25, -0.2) is 4.98 Å². The highest BCUT2D eigenvalue weighted by atomic mass is 16.7. The standard InChI is InChI=1S/C15H22N2O6.CH4/c18-10(8-17-5-4-16-9-17)2-3-11-14-12(19)13(20)15(23-11)22-7-1-6-21-14;/h4-5,9,11-15,19-20H,1-3,6-8H2;1H4. The van der Waals surface area contributed by atoms with E-state index in [-0.39, 0.29) is 26.2 Å². The number of carbonyl (C=O) groups is 1. The van der Waals surface area contributed by atoms with Gasteiger partial charge in [0.05, 0.1) is 25.6 Å². The lowest BCUT2D eigenvalue weighted by molar-refractivity contribution is -0.295. The number of imidazole rings is 1. The van der Waals surface area contributed by atoms with E-state index < -0.39 is 30.7 Å². The maximum Gasteiger partial charge on any atom is 0.186 e. The Morgan fingerprint density at radius 3 is 2.79 bits per heavy atom. The third-order valence-corrected chi connectivity index (χ3v) is 4.15. The third-order valence-electron chi connectivity index (χ3n) is 4.15. The number of ether oxygens (including phenoxy) is 3. The molecule has 8 nitrogen and oxygen atoms in total. The second-order valence-electron chi connectivity index (χ2n) is 5.90. The van der Waals surface area contributed by atoms with Crippen molar-refractivity contribution in [3.63, 3.8) is 0 Å². The molecule has 4 rings (SSSR count). The molecule has 2 bridgehead atoms. The van der Waals surface area contributed by atoms with Crippen molar-refractivity contribution in [2.45, 2.75) is 63.9 Å². The number of aliphatic hydroxyl groups excluding tert-OH is 2. The highest BCUT2D eigenvalue weighted by molar-refractivity contribution is 5.78. The quantitative estimate of drug-likeness (QED) is 0.783. The lowest BCUT2D eigenvalue weighted by Crippen LogP contribution is -2.58. The Morgan fingerprint density at radius 1 is 1.25 bits per heavy atom. The first kappa shape index (κ1) is 19.0. The van der Waals surface area contributed by atoms with E-state index in [4.69, 9.17) is 14.2 Å². The molecule has 24 heavy (non-hydrogen) atoms. The average molecular weight is 342 g/mol. The smallest absolute Gasteiger partial charge is 0.186 e. The normalized spacial score (nSPS) is 33.2. The highest BCUT2D eigenvalue weighted by Crippen LogP contribution is 2.28. The Labute approximate surface area is 141 Å². The molecule has 4 heterocycles. The van der Waals surface area contributed by atoms with Crippen LogP contribution in [0.5, 0.6) is 0 Å². The number of nitrogens with zero attached hydrogens (tertiary/aromatic N) is 2. The predicted octanol–water partition coefficient (Wildman–Crippen LogP) is 0.121. The molecule has 0 spiro atoms. The van der Waals surface area contributed by atoms with E-state index in [1.807, 2.05) is 0 Å². The molecule has 1 aromatic rings. The Balaban J connectivity index is 0.00000208. The first-order chi connectivity index (χ1) is 11.1. The molecular weight excluding hydrogens is 316 g/mol. The van der Waals surface area contributed by atoms with Crippen LogP contribution in [0.25, 0.3) is 0 Å². The van der Waals surface area contributed by atoms with Gasteiger partial charge in [0, 0.05) is 25.4 Å². The Hall–Kier alpha value is -1.32. The lowest BCUT2D eigenvalue weighted by atomic mass is 9.95. The number of fused-ring (bicyclic) bond motifs is 6. The van der Waals surface area contributed by atoms with Crippen LogP contribution < -0.4 is 0 Å². The zero-order valence-electron chi connectivity index (χ0n) is 12.8. The van der Waals surface area contributed by atoms with Gasteiger partial charge in [0.25, 0.3) is 0 Å². The molecule has 2 N–H and O–H groups in total. The van der Waals surface area contributed by atoms with E-state index in [1.165, 1.54) is 0 Å². The molecule has 1 aromatic heterocycles. The van der Waals surface area contributed by atoms with Crippen LogP contribution in [-0.2, 0) is 25.5 Å². The second kappa shape index (κ2) is 8.68. The van der Waals surface area contributed by atoms with Gasteiger partial charge < -0.3 is 29.0 Å². The van der Waals surface area contributed by atoms with E-state index >= 15 is 0 Å². The largest absolute Gasteiger partial charge is 0.387 e. The van der Waals surface area contributed by atoms with Crippen LogP contribution in [0.3, 0.4) is 0 Å². The van der Waals surface area contributed by atoms with E-state index in [2.05, 4.69) is 4.98 Å². The molecule has 3 fully saturated rings. The molecule has 3 aliphatic rings. The van der Waals surface area contributed by atoms with Crippen molar-refractivity contribution in [3.8, 4) is 0 Å². The van der Waals surface area contributed by atoms with Crippen molar-refractivity contribution < 1.29 is 29.2 Å². The number of aromatic nitrogens is 2. The molecule has 136 valence electrons. The second-order valence-corrected chi connectivity index (χ2v) is 5.90. The summed E-state index contributed by atoms with van der Waals surface area (Å²) >= 11 is 0. The third kappa shape index (κ3) is 4.40. The van der Waals surface area contributed by atoms with Crippen molar-refractivity contribution in [3.05, 3.63) is 18.7 Å². The SMILES string of the molecule is C.O=C(CCC1OC2OCCCOC1C(O)C2O)Cn1ccnc1. The topological polar surface area (TPSA) is 103 Å². The van der Waals surface area contributed by atoms with Gasteiger partial charge in [0.1, 0.15) is 18.3 Å². The number of ketones is 1. The van der Waals surface area contributed by atoms with Crippen LogP contribution in [0.1, 0.15) is 26.7 Å². The van der Waals surface area contributed by atoms with Crippen molar-refractivity contribution in [2.75, 3.05) is 13.2 Å². The fourth-order valence-corrected chi connectivity index (χ4v) is 2.93. The van der Waals surface area contributed by atoms with Gasteiger partial charge in [-0.15, -0.1) is 0 Å². The molecule has 5 atom stereocenters. The number of hydrogen-bond donors (Lipinski definition) is 2. The first-order valence-electron chi connectivity index (χ1n) is 7.87. The average Bonchev–Trinajstić information content (AvgIpc) is 3.07. The molecule has 3 saturated heterocycles. The predicted molar refractivity (Wildman–Crippen MR) is 84.2 cm³/mol. The highest BCUT2D eigenvalue weighted by Gasteiger charge is 2.46. The van der Waals surface area contributed by atoms with Crippen molar-refractivity contribution in [1.29, 1.82) is 0 Å². The summed E-state index contributed by atoms with van der Waals surface area (Å²) in [6, 6.07) is 0. The van der Waals surface area contributed by atoms with E-state index in [0.29, 0.717) is 26.1 Å². The van der Waals surface area contributed by atoms with E-state index in [9.17, 15) is 15.0 Å². The zero-order valence-corrected chi connectivity index (χ0v) is 12.8. The van der Waals surface area contributed by atoms with Gasteiger partial charge in [0.2, 0.25) is 0 Å². The van der Waals surface area contributed by atoms with Gasteiger partial charge in [-0.05, 0) is 12.8 Å². The summed E-state index contributed by atoms with van der Waals surface area (Å²) in [5.74, 6) is 0.0401. The number of hydrogen-bond acceptors (Lipinski definition) is 7. The monoisotopic (exact) mass is 342 g/mol. The van der Waals surface area contributed by atoms with Gasteiger partial charge in [-0.1, -0.05) is 7.43 Å². The Morgan fingerprint density at radius 2 is 2.04 bits per heavy atom. The minimum Gasteiger partial charge on any atom is -0.387 e. The van der Waals surface area contributed by atoms with Gasteiger partial charge in [-0.2, -0.15) is 0 Å². The molecule has 0 saturated carbocycles.